The minimum Gasteiger partial charge on any atom is -0.545 e. The van der Waals surface area contributed by atoms with Crippen LogP contribution in [0.4, 0.5) is 0 Å². The van der Waals surface area contributed by atoms with Gasteiger partial charge in [-0.1, -0.05) is 0 Å². The second-order valence-electron chi connectivity index (χ2n) is 5.10. The van der Waals surface area contributed by atoms with Gasteiger partial charge in [0, 0.05) is 12.2 Å². The van der Waals surface area contributed by atoms with Gasteiger partial charge in [0.15, 0.2) is 0 Å². The van der Waals surface area contributed by atoms with Crippen LogP contribution in [-0.2, 0) is 72.2 Å². The number of hydrogen-bond donors (Lipinski definition) is 2. The zero-order valence-corrected chi connectivity index (χ0v) is 21.5. The summed E-state index contributed by atoms with van der Waals surface area (Å²) in [7, 11) is 0. The average molecular weight is 558 g/mol. The van der Waals surface area contributed by atoms with E-state index in [9.17, 15) is 59.4 Å². The van der Waals surface area contributed by atoms with Crippen molar-refractivity contribution in [2.24, 2.45) is 0 Å². The Morgan fingerprint density at radius 2 is 0.500 bits per heavy atom. The maximum Gasteiger partial charge on any atom is 3.00 e. The Labute approximate surface area is 224 Å². The Morgan fingerprint density at radius 1 is 0.441 bits per heavy atom. The van der Waals surface area contributed by atoms with Crippen molar-refractivity contribution in [3.05, 3.63) is 36.5 Å². The summed E-state index contributed by atoms with van der Waals surface area (Å²) < 4.78 is 0. The molecule has 0 saturated carbocycles. The van der Waals surface area contributed by atoms with E-state index >= 15 is 0 Å². The normalized spacial score (nSPS) is 8.82. The Balaban J connectivity index is -0.0000000544. The molecule has 0 fully saturated rings. The quantitative estimate of drug-likeness (QED) is 0.226. The van der Waals surface area contributed by atoms with Crippen LogP contribution in [-0.4, -0.2) is 58.2 Å². The third kappa shape index (κ3) is 154. The number of aliphatic carboxylic acids is 6. The van der Waals surface area contributed by atoms with Crippen molar-refractivity contribution in [3.8, 4) is 0 Å². The molecular weight excluding hydrogens is 536 g/mol. The van der Waals surface area contributed by atoms with Crippen LogP contribution < -0.4 is 30.6 Å². The number of rotatable bonds is 6. The number of hydrogen-bond acceptors (Lipinski definition) is 14. The molecule has 0 bridgehead atoms. The number of carboxylic acids is 6. The van der Waals surface area contributed by atoms with Crippen molar-refractivity contribution < 1.29 is 113 Å². The van der Waals surface area contributed by atoms with Crippen molar-refractivity contribution in [1.29, 1.82) is 0 Å². The number of carbonyl (C=O) groups is 6. The standard InChI is InChI=1S/3C4H4O4.2C3H8O.2Ti/c3*5-3(6)1-2-4(7)8;2*1-3(2)4;;/h3*1-2H,(H,5,6)(H,7,8);2*3-4H,1-2H3;;/q;;;;;2*+3/p-6. The molecule has 0 amide bonds. The van der Waals surface area contributed by atoms with Crippen LogP contribution in [0.2, 0.25) is 0 Å². The molecule has 0 aromatic carbocycles. The zero-order chi connectivity index (χ0) is 26.9. The molecule has 186 valence electrons. The summed E-state index contributed by atoms with van der Waals surface area (Å²) in [6.45, 7) is 6.89. The minimum absolute atomic E-state index is 0. The van der Waals surface area contributed by atoms with Gasteiger partial charge >= 0.3 is 43.4 Å². The second kappa shape index (κ2) is 35.0. The van der Waals surface area contributed by atoms with Crippen LogP contribution in [0.3, 0.4) is 0 Å². The van der Waals surface area contributed by atoms with Crippen molar-refractivity contribution in [1.82, 2.24) is 0 Å². The molecule has 16 heteroatoms. The first-order valence-electron chi connectivity index (χ1n) is 8.01. The Bertz CT molecular complexity index is 527. The van der Waals surface area contributed by atoms with Crippen molar-refractivity contribution in [2.75, 3.05) is 0 Å². The molecule has 0 atom stereocenters. The van der Waals surface area contributed by atoms with Crippen LogP contribution >= 0.6 is 0 Å². The first-order valence-corrected chi connectivity index (χ1v) is 8.01. The van der Waals surface area contributed by atoms with E-state index in [0.29, 0.717) is 36.5 Å². The summed E-state index contributed by atoms with van der Waals surface area (Å²) in [5.74, 6) is -9.28. The van der Waals surface area contributed by atoms with Crippen LogP contribution in [0.1, 0.15) is 27.7 Å². The molecule has 2 N–H and O–H groups in total. The molecule has 2 radical (unpaired) electrons. The van der Waals surface area contributed by atoms with Crippen LogP contribution in [0.25, 0.3) is 0 Å². The fourth-order valence-electron chi connectivity index (χ4n) is 0.408. The Morgan fingerprint density at radius 3 is 0.529 bits per heavy atom. The van der Waals surface area contributed by atoms with Crippen LogP contribution in [0, 0.1) is 0 Å². The van der Waals surface area contributed by atoms with Gasteiger partial charge in [0.25, 0.3) is 0 Å². The third-order valence-corrected chi connectivity index (χ3v) is 1.07. The molecule has 0 heterocycles. The van der Waals surface area contributed by atoms with Crippen LogP contribution in [0.5, 0.6) is 0 Å². The van der Waals surface area contributed by atoms with E-state index in [1.807, 2.05) is 0 Å². The summed E-state index contributed by atoms with van der Waals surface area (Å²) >= 11 is 0. The molecule has 0 rings (SSSR count). The van der Waals surface area contributed by atoms with Gasteiger partial charge < -0.3 is 69.6 Å². The molecule has 0 aliphatic carbocycles. The van der Waals surface area contributed by atoms with E-state index in [1.165, 1.54) is 0 Å². The Kier molecular flexibility index (Phi) is 50.1. The van der Waals surface area contributed by atoms with Gasteiger partial charge in [-0.3, -0.25) is 0 Å². The van der Waals surface area contributed by atoms with Gasteiger partial charge in [0.1, 0.15) is 0 Å². The number of aliphatic hydroxyl groups excluding tert-OH is 2. The number of carboxylic acid groups (broad SMARTS) is 6. The van der Waals surface area contributed by atoms with Crippen molar-refractivity contribution in [3.63, 3.8) is 0 Å². The molecule has 0 aliphatic heterocycles. The largest absolute Gasteiger partial charge is 3.00 e. The summed E-state index contributed by atoms with van der Waals surface area (Å²) in [6.07, 6.45) is 1.97. The maximum atomic E-state index is 9.41. The molecule has 0 unspecified atom stereocenters. The van der Waals surface area contributed by atoms with E-state index in [2.05, 4.69) is 0 Å². The van der Waals surface area contributed by atoms with Gasteiger partial charge in [-0.2, -0.15) is 0 Å². The fraction of sp³-hybridized carbons (Fsp3) is 0.333. The van der Waals surface area contributed by atoms with Gasteiger partial charge in [-0.05, 0) is 64.2 Å². The Hall–Kier alpha value is -2.61. The summed E-state index contributed by atoms with van der Waals surface area (Å²) in [5, 5.41) is 72.6. The molecule has 34 heavy (non-hydrogen) atoms. The van der Waals surface area contributed by atoms with Crippen molar-refractivity contribution >= 4 is 35.8 Å². The molecule has 0 aliphatic rings. The monoisotopic (exact) mass is 558 g/mol. The van der Waals surface area contributed by atoms with Crippen LogP contribution in [0.15, 0.2) is 36.5 Å². The first-order chi connectivity index (χ1) is 14.3. The number of aliphatic hydroxyl groups is 2. The van der Waals surface area contributed by atoms with Gasteiger partial charge in [-0.25, -0.2) is 0 Å². The van der Waals surface area contributed by atoms with Gasteiger partial charge in [0.2, 0.25) is 0 Å². The third-order valence-electron chi connectivity index (χ3n) is 1.07. The van der Waals surface area contributed by atoms with Gasteiger partial charge in [-0.15, -0.1) is 0 Å². The van der Waals surface area contributed by atoms with Crippen molar-refractivity contribution in [2.45, 2.75) is 39.9 Å². The van der Waals surface area contributed by atoms with Gasteiger partial charge in [0.05, 0.1) is 35.8 Å². The predicted octanol–water partition coefficient (Wildman–Crippen LogP) is -8.10. The molecule has 0 spiro atoms. The average Bonchev–Trinajstić information content (AvgIpc) is 2.56. The molecule has 0 aromatic heterocycles. The van der Waals surface area contributed by atoms with E-state index in [4.69, 9.17) is 10.2 Å². The first kappa shape index (κ1) is 48.7. The van der Waals surface area contributed by atoms with E-state index < -0.39 is 35.8 Å². The predicted molar refractivity (Wildman–Crippen MR) is 92.2 cm³/mol. The summed E-state index contributed by atoms with van der Waals surface area (Å²) in [5.41, 5.74) is 0. The second-order valence-corrected chi connectivity index (χ2v) is 5.10. The summed E-state index contributed by atoms with van der Waals surface area (Å²) in [4.78, 5) is 56.5. The topological polar surface area (TPSA) is 281 Å². The number of carbonyl (C=O) groups excluding carboxylic acids is 6. The molecule has 0 saturated heterocycles. The fourth-order valence-corrected chi connectivity index (χ4v) is 0.408. The smallest absolute Gasteiger partial charge is 0.545 e. The molecular formula is C18H22O14Ti2. The molecule has 14 nitrogen and oxygen atoms in total. The molecule has 0 aromatic rings. The van der Waals surface area contributed by atoms with E-state index in [0.717, 1.165) is 0 Å². The maximum absolute atomic E-state index is 9.41. The minimum atomic E-state index is -1.55. The zero-order valence-electron chi connectivity index (χ0n) is 18.4. The summed E-state index contributed by atoms with van der Waals surface area (Å²) in [6, 6.07) is 0. The van der Waals surface area contributed by atoms with E-state index in [-0.39, 0.29) is 55.6 Å². The van der Waals surface area contributed by atoms with E-state index in [1.54, 1.807) is 27.7 Å². The SMILES string of the molecule is CC(C)O.CC(C)O.O=C([O-])C=CC(=O)[O-].O=C([O-])C=CC(=O)[O-].O=C([O-])C=CC(=O)[O-].[Ti+3].[Ti+3].